The summed E-state index contributed by atoms with van der Waals surface area (Å²) < 4.78 is 12.8. The molecule has 3 nitrogen and oxygen atoms in total. The minimum Gasteiger partial charge on any atom is -0.461 e. The van der Waals surface area contributed by atoms with Gasteiger partial charge in [0, 0.05) is 11.3 Å². The van der Waals surface area contributed by atoms with Gasteiger partial charge in [0.2, 0.25) is 0 Å². The van der Waals surface area contributed by atoms with Crippen LogP contribution in [0.5, 0.6) is 0 Å². The van der Waals surface area contributed by atoms with Gasteiger partial charge in [0.15, 0.2) is 8.32 Å². The zero-order valence-electron chi connectivity index (χ0n) is 16.0. The number of rotatable bonds is 5. The summed E-state index contributed by atoms with van der Waals surface area (Å²) in [6.45, 7) is 11.4. The molecule has 0 bridgehead atoms. The molecule has 3 rings (SSSR count). The molecule has 1 saturated heterocycles. The van der Waals surface area contributed by atoms with Crippen LogP contribution in [0.3, 0.4) is 0 Å². The van der Waals surface area contributed by atoms with E-state index in [2.05, 4.69) is 46.8 Å². The third kappa shape index (κ3) is 2.90. The van der Waals surface area contributed by atoms with Gasteiger partial charge in [0.05, 0.1) is 12.0 Å². The molecule has 1 heterocycles. The Morgan fingerprint density at radius 3 is 2.42 bits per heavy atom. The minimum absolute atomic E-state index is 0.0260. The van der Waals surface area contributed by atoms with E-state index in [1.165, 1.54) is 18.1 Å². The first-order valence-corrected chi connectivity index (χ1v) is 12.4. The van der Waals surface area contributed by atoms with Crippen molar-refractivity contribution in [2.45, 2.75) is 84.2 Å². The van der Waals surface area contributed by atoms with Crippen LogP contribution in [-0.2, 0) is 14.0 Å². The second-order valence-electron chi connectivity index (χ2n) is 8.74. The number of hydrogen-bond donors (Lipinski definition) is 0. The second kappa shape index (κ2) is 6.60. The van der Waals surface area contributed by atoms with E-state index < -0.39 is 8.32 Å². The Labute approximate surface area is 148 Å². The molecule has 136 valence electrons. The van der Waals surface area contributed by atoms with Gasteiger partial charge in [-0.3, -0.25) is 4.79 Å². The van der Waals surface area contributed by atoms with Gasteiger partial charge in [0.1, 0.15) is 6.10 Å². The van der Waals surface area contributed by atoms with Crippen molar-refractivity contribution in [1.82, 2.24) is 0 Å². The number of esters is 1. The van der Waals surface area contributed by atoms with Gasteiger partial charge in [0.25, 0.3) is 0 Å². The molecule has 0 aromatic rings. The fourth-order valence-corrected chi connectivity index (χ4v) is 8.37. The van der Waals surface area contributed by atoms with Crippen LogP contribution in [0.2, 0.25) is 18.1 Å². The SMILES string of the molecule is CC[Si](CC)(CC)O[C@@H]1C/C=C\C[C@@H]2C(=O)O[C@@H]3[C@H]2[C@H]1CC3(C)C. The molecule has 1 aliphatic heterocycles. The van der Waals surface area contributed by atoms with Crippen molar-refractivity contribution in [3.8, 4) is 0 Å². The smallest absolute Gasteiger partial charge is 0.309 e. The van der Waals surface area contributed by atoms with Gasteiger partial charge in [-0.15, -0.1) is 0 Å². The Morgan fingerprint density at radius 1 is 1.17 bits per heavy atom. The summed E-state index contributed by atoms with van der Waals surface area (Å²) in [7, 11) is -1.65. The predicted octanol–water partition coefficient (Wildman–Crippen LogP) is 4.93. The van der Waals surface area contributed by atoms with Crippen LogP contribution < -0.4 is 0 Å². The molecular weight excluding hydrogens is 316 g/mol. The maximum atomic E-state index is 12.4. The van der Waals surface area contributed by atoms with Crippen LogP contribution in [0.4, 0.5) is 0 Å². The first-order valence-electron chi connectivity index (χ1n) is 9.90. The van der Waals surface area contributed by atoms with Crippen molar-refractivity contribution in [1.29, 1.82) is 0 Å². The van der Waals surface area contributed by atoms with E-state index in [0.717, 1.165) is 19.3 Å². The van der Waals surface area contributed by atoms with E-state index in [1.54, 1.807) is 0 Å². The lowest BCUT2D eigenvalue weighted by Crippen LogP contribution is -2.44. The molecule has 0 amide bonds. The molecule has 2 aliphatic carbocycles. The van der Waals surface area contributed by atoms with Crippen molar-refractivity contribution in [3.05, 3.63) is 12.2 Å². The van der Waals surface area contributed by atoms with E-state index in [1.807, 2.05) is 0 Å². The molecule has 0 unspecified atom stereocenters. The summed E-state index contributed by atoms with van der Waals surface area (Å²) in [5, 5.41) is 0. The average Bonchev–Trinajstić information content (AvgIpc) is 3.00. The summed E-state index contributed by atoms with van der Waals surface area (Å²) in [6, 6.07) is 3.55. The molecule has 1 saturated carbocycles. The van der Waals surface area contributed by atoms with Crippen molar-refractivity contribution >= 4 is 14.3 Å². The second-order valence-corrected chi connectivity index (χ2v) is 13.5. The number of carbonyl (C=O) groups excluding carboxylic acids is 1. The summed E-state index contributed by atoms with van der Waals surface area (Å²) in [5.41, 5.74) is 0.0700. The highest BCUT2D eigenvalue weighted by Gasteiger charge is 2.61. The van der Waals surface area contributed by atoms with Crippen molar-refractivity contribution in [2.75, 3.05) is 0 Å². The van der Waals surface area contributed by atoms with Gasteiger partial charge in [-0.25, -0.2) is 0 Å². The zero-order chi connectivity index (χ0) is 17.5. The molecule has 2 fully saturated rings. The van der Waals surface area contributed by atoms with Crippen LogP contribution in [0.25, 0.3) is 0 Å². The van der Waals surface area contributed by atoms with E-state index in [9.17, 15) is 4.79 Å². The lowest BCUT2D eigenvalue weighted by atomic mass is 9.77. The Bertz CT molecular complexity index is 501. The predicted molar refractivity (Wildman–Crippen MR) is 99.2 cm³/mol. The van der Waals surface area contributed by atoms with E-state index in [4.69, 9.17) is 9.16 Å². The van der Waals surface area contributed by atoms with Gasteiger partial charge in [-0.2, -0.15) is 0 Å². The fourth-order valence-electron chi connectivity index (χ4n) is 5.46. The van der Waals surface area contributed by atoms with E-state index in [0.29, 0.717) is 11.8 Å². The van der Waals surface area contributed by atoms with Gasteiger partial charge in [-0.1, -0.05) is 46.8 Å². The molecular formula is C20H34O3Si. The molecule has 24 heavy (non-hydrogen) atoms. The topological polar surface area (TPSA) is 35.5 Å². The summed E-state index contributed by atoms with van der Waals surface area (Å²) in [5.74, 6) is 0.881. The maximum absolute atomic E-state index is 12.4. The van der Waals surface area contributed by atoms with Crippen molar-refractivity contribution in [3.63, 3.8) is 0 Å². The van der Waals surface area contributed by atoms with Crippen LogP contribution in [0.15, 0.2) is 12.2 Å². The standard InChI is InChI=1S/C20H34O3Si/c1-6-24(7-2,8-3)23-16-12-10-9-11-14-17-15(16)13-20(4,5)18(17)22-19(14)21/h9-10,14-18H,6-8,11-13H2,1-5H3/b10-9-/t14-,15-,16+,17+,18+/m0/s1. The van der Waals surface area contributed by atoms with Crippen molar-refractivity contribution in [2.24, 2.45) is 23.2 Å². The number of ether oxygens (including phenoxy) is 1. The van der Waals surface area contributed by atoms with Crippen LogP contribution >= 0.6 is 0 Å². The van der Waals surface area contributed by atoms with Crippen LogP contribution in [0, 0.1) is 23.2 Å². The Balaban J connectivity index is 1.92. The third-order valence-electron chi connectivity index (χ3n) is 7.12. The third-order valence-corrected chi connectivity index (χ3v) is 11.8. The first kappa shape index (κ1) is 18.2. The number of allylic oxidation sites excluding steroid dienone is 1. The van der Waals surface area contributed by atoms with Crippen LogP contribution in [0.1, 0.15) is 53.9 Å². The monoisotopic (exact) mass is 350 g/mol. The largest absolute Gasteiger partial charge is 0.461 e. The Morgan fingerprint density at radius 2 is 1.79 bits per heavy atom. The molecule has 0 aromatic heterocycles. The lowest BCUT2D eigenvalue weighted by Gasteiger charge is -2.38. The summed E-state index contributed by atoms with van der Waals surface area (Å²) in [4.78, 5) is 12.4. The molecule has 0 spiro atoms. The van der Waals surface area contributed by atoms with Gasteiger partial charge < -0.3 is 9.16 Å². The molecule has 3 aliphatic rings. The highest BCUT2D eigenvalue weighted by Crippen LogP contribution is 2.57. The summed E-state index contributed by atoms with van der Waals surface area (Å²) in [6.07, 6.45) is 7.76. The van der Waals surface area contributed by atoms with Crippen molar-refractivity contribution < 1.29 is 14.0 Å². The highest BCUT2D eigenvalue weighted by atomic mass is 28.4. The molecule has 0 N–H and O–H groups in total. The quantitative estimate of drug-likeness (QED) is 0.400. The van der Waals surface area contributed by atoms with Gasteiger partial charge in [-0.05, 0) is 43.3 Å². The summed E-state index contributed by atoms with van der Waals surface area (Å²) >= 11 is 0. The normalized spacial score (nSPS) is 39.0. The molecule has 0 radical (unpaired) electrons. The van der Waals surface area contributed by atoms with Gasteiger partial charge >= 0.3 is 5.97 Å². The number of carbonyl (C=O) groups is 1. The zero-order valence-corrected chi connectivity index (χ0v) is 17.0. The Hall–Kier alpha value is -0.613. The molecule has 0 aromatic carbocycles. The lowest BCUT2D eigenvalue weighted by molar-refractivity contribution is -0.147. The fraction of sp³-hybridized carbons (Fsp3) is 0.850. The average molecular weight is 351 g/mol. The van der Waals surface area contributed by atoms with E-state index in [-0.39, 0.29) is 29.5 Å². The number of hydrogen-bond acceptors (Lipinski definition) is 3. The van der Waals surface area contributed by atoms with Crippen LogP contribution in [-0.4, -0.2) is 26.5 Å². The maximum Gasteiger partial charge on any atom is 0.309 e. The first-order chi connectivity index (χ1) is 11.4. The highest BCUT2D eigenvalue weighted by molar-refractivity contribution is 6.73. The molecule has 5 atom stereocenters. The minimum atomic E-state index is -1.65. The Kier molecular flexibility index (Phi) is 5.00. The van der Waals surface area contributed by atoms with E-state index >= 15 is 0 Å². The molecule has 4 heteroatoms.